The van der Waals surface area contributed by atoms with Gasteiger partial charge < -0.3 is 28.4 Å². The second-order valence-electron chi connectivity index (χ2n) is 8.38. The van der Waals surface area contributed by atoms with Crippen LogP contribution in [-0.2, 0) is 41.3 Å². The van der Waals surface area contributed by atoms with Crippen molar-refractivity contribution in [2.24, 2.45) is 0 Å². The fourth-order valence-corrected chi connectivity index (χ4v) is 3.61. The van der Waals surface area contributed by atoms with E-state index in [2.05, 4.69) is 34.2 Å². The van der Waals surface area contributed by atoms with Gasteiger partial charge in [0, 0.05) is 25.6 Å². The van der Waals surface area contributed by atoms with E-state index in [9.17, 15) is 0 Å². The van der Waals surface area contributed by atoms with E-state index >= 15 is 0 Å². The molecule has 0 amide bonds. The summed E-state index contributed by atoms with van der Waals surface area (Å²) >= 11 is 0. The monoisotopic (exact) mass is 500 g/mol. The minimum absolute atomic E-state index is 0.550. The molecule has 36 heavy (non-hydrogen) atoms. The molecule has 0 atom stereocenters. The predicted molar refractivity (Wildman–Crippen MR) is 138 cm³/mol. The van der Waals surface area contributed by atoms with Crippen molar-refractivity contribution >= 4 is 0 Å². The van der Waals surface area contributed by atoms with Crippen LogP contribution >= 0.6 is 0 Å². The summed E-state index contributed by atoms with van der Waals surface area (Å²) in [5.41, 5.74) is 4.28. The lowest BCUT2D eigenvalue weighted by atomic mass is 10.1. The van der Waals surface area contributed by atoms with Crippen molar-refractivity contribution in [1.29, 1.82) is 0 Å². The van der Waals surface area contributed by atoms with Crippen molar-refractivity contribution in [3.05, 3.63) is 59.9 Å². The highest BCUT2D eigenvalue weighted by atomic mass is 16.5. The number of pyridine rings is 2. The van der Waals surface area contributed by atoms with Gasteiger partial charge in [-0.25, -0.2) is 0 Å². The van der Waals surface area contributed by atoms with Crippen LogP contribution in [0.4, 0.5) is 0 Å². The van der Waals surface area contributed by atoms with Gasteiger partial charge in [-0.1, -0.05) is 12.2 Å². The molecule has 3 rings (SSSR count). The van der Waals surface area contributed by atoms with Gasteiger partial charge in [0.15, 0.2) is 0 Å². The maximum absolute atomic E-state index is 5.70. The van der Waals surface area contributed by atoms with Gasteiger partial charge in [-0.2, -0.15) is 0 Å². The van der Waals surface area contributed by atoms with Gasteiger partial charge in [-0.3, -0.25) is 9.97 Å². The van der Waals surface area contributed by atoms with E-state index in [0.717, 1.165) is 37.1 Å². The van der Waals surface area contributed by atoms with Gasteiger partial charge in [-0.05, 0) is 61.1 Å². The Balaban J connectivity index is 1.45. The molecule has 0 saturated carbocycles. The fraction of sp³-hybridized carbons (Fsp3) is 0.571. The van der Waals surface area contributed by atoms with E-state index < -0.39 is 0 Å². The van der Waals surface area contributed by atoms with Crippen LogP contribution in [0.1, 0.15) is 24.0 Å². The van der Waals surface area contributed by atoms with Crippen molar-refractivity contribution in [2.75, 3.05) is 79.3 Å². The normalized spacial score (nSPS) is 20.2. The summed E-state index contributed by atoms with van der Waals surface area (Å²) in [6, 6.07) is 8.36. The van der Waals surface area contributed by atoms with E-state index in [1.807, 2.05) is 24.5 Å². The largest absolute Gasteiger partial charge is 0.379 e. The Bertz CT molecular complexity index is 794. The Morgan fingerprint density at radius 3 is 1.31 bits per heavy atom. The first-order chi connectivity index (χ1) is 17.9. The Morgan fingerprint density at radius 2 is 0.861 bits per heavy atom. The minimum atomic E-state index is 0.550. The quantitative estimate of drug-likeness (QED) is 0.507. The maximum atomic E-state index is 5.70. The number of hydrogen-bond donors (Lipinski definition) is 0. The first-order valence-electron chi connectivity index (χ1n) is 12.9. The third-order valence-corrected chi connectivity index (χ3v) is 5.50. The molecule has 3 heterocycles. The third-order valence-electron chi connectivity index (χ3n) is 5.50. The summed E-state index contributed by atoms with van der Waals surface area (Å²) < 4.78 is 33.5. The molecule has 0 unspecified atom stereocenters. The van der Waals surface area contributed by atoms with Crippen molar-refractivity contribution in [1.82, 2.24) is 9.97 Å². The predicted octanol–water partition coefficient (Wildman–Crippen LogP) is 3.68. The molecule has 2 aromatic heterocycles. The molecule has 1 aliphatic rings. The molecule has 8 nitrogen and oxygen atoms in total. The van der Waals surface area contributed by atoms with E-state index in [1.165, 1.54) is 11.1 Å². The Kier molecular flexibility index (Phi) is 15.0. The molecule has 2 aromatic rings. The molecule has 0 radical (unpaired) electrons. The van der Waals surface area contributed by atoms with Gasteiger partial charge in [0.05, 0.1) is 77.5 Å². The topological polar surface area (TPSA) is 81.2 Å². The molecule has 0 aromatic carbocycles. The third kappa shape index (κ3) is 12.7. The lowest BCUT2D eigenvalue weighted by Crippen LogP contribution is -2.10. The van der Waals surface area contributed by atoms with Gasteiger partial charge >= 0.3 is 0 Å². The highest BCUT2D eigenvalue weighted by molar-refractivity contribution is 5.55. The lowest BCUT2D eigenvalue weighted by molar-refractivity contribution is 0.0177. The van der Waals surface area contributed by atoms with Crippen molar-refractivity contribution in [3.8, 4) is 11.4 Å². The van der Waals surface area contributed by atoms with Crippen LogP contribution in [0.25, 0.3) is 11.4 Å². The van der Waals surface area contributed by atoms with Crippen molar-refractivity contribution in [2.45, 2.75) is 25.7 Å². The molecule has 4 bridgehead atoms. The number of hydrogen-bond acceptors (Lipinski definition) is 8. The molecule has 0 spiro atoms. The number of fused-ring (bicyclic) bond motifs is 5. The molecule has 198 valence electrons. The molecular formula is C28H40N2O6. The second kappa shape index (κ2) is 19.0. The molecular weight excluding hydrogens is 460 g/mol. The van der Waals surface area contributed by atoms with E-state index in [4.69, 9.17) is 28.4 Å². The average Bonchev–Trinajstić information content (AvgIpc) is 2.91. The van der Waals surface area contributed by atoms with Gasteiger partial charge in [0.25, 0.3) is 0 Å². The van der Waals surface area contributed by atoms with Crippen LogP contribution in [0.15, 0.2) is 48.8 Å². The molecule has 0 N–H and O–H groups in total. The number of aromatic nitrogens is 2. The van der Waals surface area contributed by atoms with Crippen LogP contribution in [0.3, 0.4) is 0 Å². The van der Waals surface area contributed by atoms with Gasteiger partial charge in [-0.15, -0.1) is 0 Å². The average molecular weight is 501 g/mol. The van der Waals surface area contributed by atoms with Gasteiger partial charge in [0.1, 0.15) is 0 Å². The highest BCUT2D eigenvalue weighted by Gasteiger charge is 2.05. The number of ether oxygens (including phenoxy) is 6. The minimum Gasteiger partial charge on any atom is -0.379 e. The van der Waals surface area contributed by atoms with E-state index in [-0.39, 0.29) is 0 Å². The van der Waals surface area contributed by atoms with Crippen molar-refractivity contribution < 1.29 is 28.4 Å². The summed E-state index contributed by atoms with van der Waals surface area (Å²) in [4.78, 5) is 9.08. The summed E-state index contributed by atoms with van der Waals surface area (Å²) in [6.07, 6.45) is 11.4. The van der Waals surface area contributed by atoms with Crippen LogP contribution in [-0.4, -0.2) is 89.3 Å². The number of nitrogens with zero attached hydrogens (tertiary/aromatic N) is 2. The van der Waals surface area contributed by atoms with Gasteiger partial charge in [0.2, 0.25) is 0 Å². The zero-order valence-corrected chi connectivity index (χ0v) is 21.3. The zero-order chi connectivity index (χ0) is 24.9. The molecule has 8 heteroatoms. The van der Waals surface area contributed by atoms with Crippen LogP contribution < -0.4 is 0 Å². The number of rotatable bonds is 0. The summed E-state index contributed by atoms with van der Waals surface area (Å²) in [5.74, 6) is 0. The molecule has 0 aliphatic carbocycles. The zero-order valence-electron chi connectivity index (χ0n) is 21.3. The van der Waals surface area contributed by atoms with Crippen LogP contribution in [0.2, 0.25) is 0 Å². The first kappa shape index (κ1) is 28.4. The standard InChI is InChI=1S/C28H40N2O6/c1-2-12-32-16-20-36-22-18-34-14-4-6-26-8-10-30-28(24-26)27-23-25(7-9-29-27)5-3-13-33-17-21-35-19-15-31-11-1/h1-2,7-10,23-24H,3-6,11-22H2/b2-1-. The molecule has 1 aliphatic heterocycles. The fourth-order valence-electron chi connectivity index (χ4n) is 3.61. The van der Waals surface area contributed by atoms with E-state index in [0.29, 0.717) is 79.3 Å². The molecule has 0 saturated heterocycles. The van der Waals surface area contributed by atoms with E-state index in [1.54, 1.807) is 0 Å². The SMILES string of the molecule is C1=C\COCCOCCOCCCc2ccnc(c2)-c2cc(ccn2)CCCOCCOCCOC/1. The Morgan fingerprint density at radius 1 is 0.472 bits per heavy atom. The summed E-state index contributed by atoms with van der Waals surface area (Å²) in [6.45, 7) is 7.06. The highest BCUT2D eigenvalue weighted by Crippen LogP contribution is 2.18. The second-order valence-corrected chi connectivity index (χ2v) is 8.38. The first-order valence-corrected chi connectivity index (χ1v) is 12.9. The number of aryl methyl sites for hydroxylation is 2. The summed E-state index contributed by atoms with van der Waals surface area (Å²) in [5, 5.41) is 0. The lowest BCUT2D eigenvalue weighted by Gasteiger charge is -2.08. The van der Waals surface area contributed by atoms with Crippen molar-refractivity contribution in [3.63, 3.8) is 0 Å². The Labute approximate surface area is 214 Å². The molecule has 0 fully saturated rings. The van der Waals surface area contributed by atoms with Crippen LogP contribution in [0, 0.1) is 0 Å². The summed E-state index contributed by atoms with van der Waals surface area (Å²) in [7, 11) is 0. The smallest absolute Gasteiger partial charge is 0.0888 e. The van der Waals surface area contributed by atoms with Crippen LogP contribution in [0.5, 0.6) is 0 Å². The maximum Gasteiger partial charge on any atom is 0.0888 e. The Hall–Kier alpha value is -2.20.